The lowest BCUT2D eigenvalue weighted by Crippen LogP contribution is -1.87. The molecular formula is C20H11N5. The topological polar surface area (TPSA) is 39.0 Å². The SMILES string of the molecule is c1ccc2c(c1)nc1n2c2cccc3c2n1c1nc2ccccc2n31. The third-order valence-electron chi connectivity index (χ3n) is 5.19. The first-order valence-electron chi connectivity index (χ1n) is 8.31. The Hall–Kier alpha value is -3.60. The summed E-state index contributed by atoms with van der Waals surface area (Å²) in [6, 6.07) is 23.0. The standard InChI is InChI=1S/C20H11N5/c1-3-8-14-12(6-1)21-19-23(14)16-10-5-11-17-18(16)25(19)20-22-13-7-2-4-9-15(13)24(17)20/h1-11H. The van der Waals surface area contributed by atoms with Crippen molar-refractivity contribution in [3.05, 3.63) is 66.7 Å². The molecule has 0 fully saturated rings. The van der Waals surface area contributed by atoms with Gasteiger partial charge in [-0.25, -0.2) is 14.4 Å². The van der Waals surface area contributed by atoms with E-state index in [9.17, 15) is 0 Å². The first kappa shape index (κ1) is 11.9. The third-order valence-corrected chi connectivity index (χ3v) is 5.19. The minimum atomic E-state index is 0.915. The molecular weight excluding hydrogens is 310 g/mol. The molecule has 5 nitrogen and oxygen atoms in total. The monoisotopic (exact) mass is 321 g/mol. The maximum absolute atomic E-state index is 4.90. The Balaban J connectivity index is 1.92. The highest BCUT2D eigenvalue weighted by Crippen LogP contribution is 2.33. The van der Waals surface area contributed by atoms with Gasteiger partial charge in [-0.1, -0.05) is 30.3 Å². The minimum absolute atomic E-state index is 0.915. The van der Waals surface area contributed by atoms with Gasteiger partial charge in [0.05, 0.1) is 33.1 Å². The van der Waals surface area contributed by atoms with Crippen LogP contribution in [-0.2, 0) is 0 Å². The first-order chi connectivity index (χ1) is 12.4. The highest BCUT2D eigenvalue weighted by molar-refractivity contribution is 6.03. The number of nitrogens with zero attached hydrogens (tertiary/aromatic N) is 5. The maximum Gasteiger partial charge on any atom is 0.223 e. The quantitative estimate of drug-likeness (QED) is 0.421. The second-order valence-electron chi connectivity index (χ2n) is 6.45. The van der Waals surface area contributed by atoms with E-state index < -0.39 is 0 Å². The van der Waals surface area contributed by atoms with Gasteiger partial charge in [-0.05, 0) is 36.4 Å². The fourth-order valence-corrected chi connectivity index (χ4v) is 4.20. The minimum Gasteiger partial charge on any atom is -0.276 e. The molecule has 4 aromatic heterocycles. The Kier molecular flexibility index (Phi) is 1.77. The van der Waals surface area contributed by atoms with Gasteiger partial charge in [0.15, 0.2) is 0 Å². The molecule has 3 aromatic carbocycles. The van der Waals surface area contributed by atoms with Gasteiger partial charge in [0.25, 0.3) is 0 Å². The van der Waals surface area contributed by atoms with Crippen molar-refractivity contribution in [2.45, 2.75) is 0 Å². The average Bonchev–Trinajstić information content (AvgIpc) is 3.35. The molecule has 0 unspecified atom stereocenters. The molecule has 0 amide bonds. The van der Waals surface area contributed by atoms with Crippen molar-refractivity contribution < 1.29 is 0 Å². The van der Waals surface area contributed by atoms with Crippen LogP contribution in [0, 0.1) is 0 Å². The summed E-state index contributed by atoms with van der Waals surface area (Å²) in [4.78, 5) is 9.80. The summed E-state index contributed by atoms with van der Waals surface area (Å²) >= 11 is 0. The van der Waals surface area contributed by atoms with E-state index in [0.29, 0.717) is 0 Å². The molecule has 0 bridgehead atoms. The smallest absolute Gasteiger partial charge is 0.223 e. The van der Waals surface area contributed by atoms with E-state index in [4.69, 9.17) is 9.97 Å². The molecule has 0 radical (unpaired) electrons. The third kappa shape index (κ3) is 1.18. The number of benzene rings is 3. The van der Waals surface area contributed by atoms with Crippen LogP contribution in [0.15, 0.2) is 66.7 Å². The predicted molar refractivity (Wildman–Crippen MR) is 98.6 cm³/mol. The van der Waals surface area contributed by atoms with Crippen molar-refractivity contribution >= 4 is 50.2 Å². The lowest BCUT2D eigenvalue weighted by molar-refractivity contribution is 1.15. The van der Waals surface area contributed by atoms with Crippen molar-refractivity contribution in [2.75, 3.05) is 0 Å². The van der Waals surface area contributed by atoms with Crippen LogP contribution in [0.25, 0.3) is 50.2 Å². The molecule has 5 heteroatoms. The Morgan fingerprint density at radius 3 is 1.52 bits per heavy atom. The molecule has 0 atom stereocenters. The normalized spacial score (nSPS) is 12.8. The molecule has 0 aliphatic rings. The first-order valence-corrected chi connectivity index (χ1v) is 8.31. The van der Waals surface area contributed by atoms with Crippen molar-refractivity contribution in [1.29, 1.82) is 0 Å². The van der Waals surface area contributed by atoms with Gasteiger partial charge in [0, 0.05) is 0 Å². The van der Waals surface area contributed by atoms with Crippen LogP contribution in [0.1, 0.15) is 0 Å². The largest absolute Gasteiger partial charge is 0.276 e. The number of fused-ring (bicyclic) bond motifs is 10. The molecule has 0 saturated heterocycles. The molecule has 7 rings (SSSR count). The van der Waals surface area contributed by atoms with Crippen molar-refractivity contribution in [1.82, 2.24) is 23.2 Å². The van der Waals surface area contributed by atoms with Crippen LogP contribution < -0.4 is 0 Å². The molecule has 0 aliphatic heterocycles. The number of para-hydroxylation sites is 5. The van der Waals surface area contributed by atoms with Gasteiger partial charge >= 0.3 is 0 Å². The zero-order valence-electron chi connectivity index (χ0n) is 13.1. The fourth-order valence-electron chi connectivity index (χ4n) is 4.20. The molecule has 0 N–H and O–H groups in total. The number of hydrogen-bond donors (Lipinski definition) is 0. The molecule has 0 spiro atoms. The van der Waals surface area contributed by atoms with Crippen LogP contribution in [0.5, 0.6) is 0 Å². The molecule has 0 aliphatic carbocycles. The molecule has 116 valence electrons. The molecule has 7 aromatic rings. The summed E-state index contributed by atoms with van der Waals surface area (Å²) in [6.07, 6.45) is 0. The van der Waals surface area contributed by atoms with Gasteiger partial charge < -0.3 is 0 Å². The van der Waals surface area contributed by atoms with Crippen LogP contribution in [-0.4, -0.2) is 23.2 Å². The Labute approximate surface area is 140 Å². The van der Waals surface area contributed by atoms with Crippen molar-refractivity contribution in [3.63, 3.8) is 0 Å². The average molecular weight is 321 g/mol. The highest BCUT2D eigenvalue weighted by atomic mass is 15.3. The van der Waals surface area contributed by atoms with Crippen LogP contribution in [0.2, 0.25) is 0 Å². The second kappa shape index (κ2) is 3.72. The van der Waals surface area contributed by atoms with E-state index in [0.717, 1.165) is 44.7 Å². The van der Waals surface area contributed by atoms with E-state index in [1.54, 1.807) is 0 Å². The molecule has 4 heterocycles. The summed E-state index contributed by atoms with van der Waals surface area (Å²) in [5, 5.41) is 0. The predicted octanol–water partition coefficient (Wildman–Crippen LogP) is 4.13. The van der Waals surface area contributed by atoms with Crippen LogP contribution in [0.4, 0.5) is 0 Å². The van der Waals surface area contributed by atoms with E-state index >= 15 is 0 Å². The van der Waals surface area contributed by atoms with E-state index in [1.807, 2.05) is 12.1 Å². The number of rotatable bonds is 0. The number of hydrogen-bond acceptors (Lipinski definition) is 2. The summed E-state index contributed by atoms with van der Waals surface area (Å²) in [5.74, 6) is 1.83. The van der Waals surface area contributed by atoms with E-state index in [2.05, 4.69) is 67.8 Å². The van der Waals surface area contributed by atoms with E-state index in [1.165, 1.54) is 5.52 Å². The van der Waals surface area contributed by atoms with Crippen LogP contribution >= 0.6 is 0 Å². The van der Waals surface area contributed by atoms with E-state index in [-0.39, 0.29) is 0 Å². The zero-order chi connectivity index (χ0) is 16.1. The second-order valence-corrected chi connectivity index (χ2v) is 6.45. The summed E-state index contributed by atoms with van der Waals surface area (Å²) in [6.45, 7) is 0. The van der Waals surface area contributed by atoms with Gasteiger partial charge in [-0.15, -0.1) is 0 Å². The Bertz CT molecular complexity index is 1480. The van der Waals surface area contributed by atoms with Gasteiger partial charge in [-0.3, -0.25) is 8.80 Å². The zero-order valence-corrected chi connectivity index (χ0v) is 13.1. The van der Waals surface area contributed by atoms with Crippen molar-refractivity contribution in [3.8, 4) is 0 Å². The van der Waals surface area contributed by atoms with Gasteiger partial charge in [0.2, 0.25) is 11.6 Å². The Morgan fingerprint density at radius 2 is 0.960 bits per heavy atom. The van der Waals surface area contributed by atoms with Gasteiger partial charge in [0.1, 0.15) is 5.52 Å². The van der Waals surface area contributed by atoms with Crippen LogP contribution in [0.3, 0.4) is 0 Å². The highest BCUT2D eigenvalue weighted by Gasteiger charge is 2.22. The number of aromatic nitrogens is 5. The van der Waals surface area contributed by atoms with Gasteiger partial charge in [-0.2, -0.15) is 0 Å². The summed E-state index contributed by atoms with van der Waals surface area (Å²) in [5.41, 5.74) is 7.76. The lowest BCUT2D eigenvalue weighted by atomic mass is 10.2. The summed E-state index contributed by atoms with van der Waals surface area (Å²) < 4.78 is 6.65. The summed E-state index contributed by atoms with van der Waals surface area (Å²) in [7, 11) is 0. The van der Waals surface area contributed by atoms with Crippen molar-refractivity contribution in [2.24, 2.45) is 0 Å². The lowest BCUT2D eigenvalue weighted by Gasteiger charge is -1.96. The fraction of sp³-hybridized carbons (Fsp3) is 0. The maximum atomic E-state index is 4.90. The Morgan fingerprint density at radius 1 is 0.480 bits per heavy atom. The number of imidazole rings is 4. The molecule has 0 saturated carbocycles. The molecule has 25 heavy (non-hydrogen) atoms.